The zero-order chi connectivity index (χ0) is 19.5. The molecule has 2 heterocycles. The van der Waals surface area contributed by atoms with Crippen molar-refractivity contribution < 1.29 is 9.53 Å². The van der Waals surface area contributed by atoms with Gasteiger partial charge in [0.1, 0.15) is 17.4 Å². The maximum atomic E-state index is 12.6. The Morgan fingerprint density at radius 2 is 1.93 bits per heavy atom. The second-order valence-electron chi connectivity index (χ2n) is 7.17. The van der Waals surface area contributed by atoms with Crippen molar-refractivity contribution in [3.05, 3.63) is 77.4 Å². The number of hydrogen-bond acceptors (Lipinski definition) is 4. The number of carbonyl (C=O) groups is 1. The SMILES string of the molecule is COc1cccc(Cn2nc(C)nc2CN2C[C@H](c3ccccc3)CC2=O)c1. The molecule has 0 unspecified atom stereocenters. The lowest BCUT2D eigenvalue weighted by Crippen LogP contribution is -2.26. The number of ether oxygens (including phenoxy) is 1. The largest absolute Gasteiger partial charge is 0.497 e. The maximum absolute atomic E-state index is 12.6. The van der Waals surface area contributed by atoms with Crippen LogP contribution >= 0.6 is 0 Å². The zero-order valence-electron chi connectivity index (χ0n) is 16.2. The number of carbonyl (C=O) groups excluding carboxylic acids is 1. The lowest BCUT2D eigenvalue weighted by Gasteiger charge is -2.17. The molecule has 1 saturated heterocycles. The van der Waals surface area contributed by atoms with Crippen molar-refractivity contribution >= 4 is 5.91 Å². The van der Waals surface area contributed by atoms with Crippen molar-refractivity contribution in [3.8, 4) is 5.75 Å². The van der Waals surface area contributed by atoms with Gasteiger partial charge in [-0.25, -0.2) is 9.67 Å². The highest BCUT2D eigenvalue weighted by Gasteiger charge is 2.31. The van der Waals surface area contributed by atoms with Gasteiger partial charge in [0.05, 0.1) is 20.2 Å². The van der Waals surface area contributed by atoms with Gasteiger partial charge in [-0.1, -0.05) is 42.5 Å². The number of rotatable bonds is 6. The Kier molecular flexibility index (Phi) is 5.10. The monoisotopic (exact) mass is 376 g/mol. The Morgan fingerprint density at radius 3 is 2.71 bits per heavy atom. The number of aryl methyl sites for hydroxylation is 1. The standard InChI is InChI=1S/C22H24N4O2/c1-16-23-21(26(24-16)13-17-7-6-10-20(11-17)28-2)15-25-14-19(12-22(25)27)18-8-4-3-5-9-18/h3-11,19H,12-15H2,1-2H3/t19-/m1/s1. The van der Waals surface area contributed by atoms with E-state index in [-0.39, 0.29) is 11.8 Å². The van der Waals surface area contributed by atoms with Crippen LogP contribution in [-0.2, 0) is 17.9 Å². The van der Waals surface area contributed by atoms with Crippen LogP contribution < -0.4 is 4.74 Å². The van der Waals surface area contributed by atoms with Gasteiger partial charge in [0.25, 0.3) is 0 Å². The van der Waals surface area contributed by atoms with Crippen molar-refractivity contribution in [2.24, 2.45) is 0 Å². The van der Waals surface area contributed by atoms with Gasteiger partial charge in [-0.05, 0) is 30.2 Å². The average molecular weight is 376 g/mol. The minimum absolute atomic E-state index is 0.169. The molecule has 0 bridgehead atoms. The van der Waals surface area contributed by atoms with Gasteiger partial charge in [-0.2, -0.15) is 5.10 Å². The van der Waals surface area contributed by atoms with Gasteiger partial charge in [0.15, 0.2) is 0 Å². The number of amides is 1. The molecule has 1 fully saturated rings. The van der Waals surface area contributed by atoms with E-state index in [2.05, 4.69) is 22.2 Å². The molecule has 1 aliphatic heterocycles. The Bertz CT molecular complexity index is 968. The molecular weight excluding hydrogens is 352 g/mol. The maximum Gasteiger partial charge on any atom is 0.223 e. The van der Waals surface area contributed by atoms with Crippen LogP contribution in [0.4, 0.5) is 0 Å². The fourth-order valence-electron chi connectivity index (χ4n) is 3.73. The van der Waals surface area contributed by atoms with Gasteiger partial charge in [-0.3, -0.25) is 4.79 Å². The van der Waals surface area contributed by atoms with Crippen LogP contribution in [0.3, 0.4) is 0 Å². The van der Waals surface area contributed by atoms with E-state index in [0.717, 1.165) is 17.1 Å². The molecule has 1 atom stereocenters. The Hall–Kier alpha value is -3.15. The van der Waals surface area contributed by atoms with E-state index in [1.807, 2.05) is 59.0 Å². The highest BCUT2D eigenvalue weighted by atomic mass is 16.5. The summed E-state index contributed by atoms with van der Waals surface area (Å²) in [7, 11) is 1.66. The van der Waals surface area contributed by atoms with Crippen molar-refractivity contribution in [3.63, 3.8) is 0 Å². The third kappa shape index (κ3) is 3.91. The first-order chi connectivity index (χ1) is 13.6. The first-order valence-electron chi connectivity index (χ1n) is 9.48. The first kappa shape index (κ1) is 18.2. The molecule has 6 heteroatoms. The van der Waals surface area contributed by atoms with Gasteiger partial charge in [0, 0.05) is 18.9 Å². The number of benzene rings is 2. The number of aromatic nitrogens is 3. The summed E-state index contributed by atoms with van der Waals surface area (Å²) in [4.78, 5) is 19.0. The Labute approximate surface area is 164 Å². The molecule has 1 aromatic heterocycles. The molecule has 3 aromatic rings. The lowest BCUT2D eigenvalue weighted by atomic mass is 9.99. The van der Waals surface area contributed by atoms with E-state index in [4.69, 9.17) is 4.74 Å². The second kappa shape index (κ2) is 7.84. The first-order valence-corrected chi connectivity index (χ1v) is 9.48. The van der Waals surface area contributed by atoms with E-state index in [1.54, 1.807) is 7.11 Å². The highest BCUT2D eigenvalue weighted by molar-refractivity contribution is 5.79. The van der Waals surface area contributed by atoms with Crippen LogP contribution in [-0.4, -0.2) is 39.2 Å². The molecule has 0 aliphatic carbocycles. The number of methoxy groups -OCH3 is 1. The average Bonchev–Trinajstić information content (AvgIpc) is 3.25. The minimum atomic E-state index is 0.169. The van der Waals surface area contributed by atoms with E-state index in [0.29, 0.717) is 31.9 Å². The third-order valence-corrected chi connectivity index (χ3v) is 5.14. The fourth-order valence-corrected chi connectivity index (χ4v) is 3.73. The third-order valence-electron chi connectivity index (χ3n) is 5.14. The molecule has 144 valence electrons. The van der Waals surface area contributed by atoms with E-state index >= 15 is 0 Å². The number of hydrogen-bond donors (Lipinski definition) is 0. The smallest absolute Gasteiger partial charge is 0.223 e. The number of nitrogens with zero attached hydrogens (tertiary/aromatic N) is 4. The van der Waals surface area contributed by atoms with E-state index < -0.39 is 0 Å². The minimum Gasteiger partial charge on any atom is -0.497 e. The van der Waals surface area contributed by atoms with Crippen LogP contribution in [0.5, 0.6) is 5.75 Å². The van der Waals surface area contributed by atoms with Gasteiger partial charge < -0.3 is 9.64 Å². The molecule has 2 aromatic carbocycles. The van der Waals surface area contributed by atoms with Crippen LogP contribution in [0.1, 0.15) is 35.1 Å². The predicted molar refractivity (Wildman–Crippen MR) is 106 cm³/mol. The lowest BCUT2D eigenvalue weighted by molar-refractivity contribution is -0.128. The molecule has 6 nitrogen and oxygen atoms in total. The van der Waals surface area contributed by atoms with Crippen molar-refractivity contribution in [1.29, 1.82) is 0 Å². The Balaban J connectivity index is 1.50. The molecular formula is C22H24N4O2. The van der Waals surface area contributed by atoms with Crippen LogP contribution in [0.2, 0.25) is 0 Å². The molecule has 0 saturated carbocycles. The molecule has 0 spiro atoms. The summed E-state index contributed by atoms with van der Waals surface area (Å²) in [6, 6.07) is 18.2. The summed E-state index contributed by atoms with van der Waals surface area (Å²) in [5.74, 6) is 2.75. The topological polar surface area (TPSA) is 60.2 Å². The van der Waals surface area contributed by atoms with Crippen molar-refractivity contribution in [2.75, 3.05) is 13.7 Å². The van der Waals surface area contributed by atoms with Gasteiger partial charge in [-0.15, -0.1) is 0 Å². The van der Waals surface area contributed by atoms with E-state index in [1.165, 1.54) is 5.56 Å². The van der Waals surface area contributed by atoms with Crippen LogP contribution in [0.15, 0.2) is 54.6 Å². The van der Waals surface area contributed by atoms with Gasteiger partial charge in [0.2, 0.25) is 5.91 Å². The molecule has 1 amide bonds. The highest BCUT2D eigenvalue weighted by Crippen LogP contribution is 2.29. The quantitative estimate of drug-likeness (QED) is 0.663. The molecule has 0 N–H and O–H groups in total. The van der Waals surface area contributed by atoms with Crippen molar-refractivity contribution in [1.82, 2.24) is 19.7 Å². The Morgan fingerprint density at radius 1 is 1.11 bits per heavy atom. The second-order valence-corrected chi connectivity index (χ2v) is 7.17. The molecule has 28 heavy (non-hydrogen) atoms. The molecule has 0 radical (unpaired) electrons. The summed E-state index contributed by atoms with van der Waals surface area (Å²) in [6.45, 7) is 3.67. The summed E-state index contributed by atoms with van der Waals surface area (Å²) in [5, 5.41) is 4.53. The zero-order valence-corrected chi connectivity index (χ0v) is 16.2. The van der Waals surface area contributed by atoms with Gasteiger partial charge >= 0.3 is 0 Å². The van der Waals surface area contributed by atoms with Crippen molar-refractivity contribution in [2.45, 2.75) is 32.4 Å². The molecule has 1 aliphatic rings. The van der Waals surface area contributed by atoms with Crippen LogP contribution in [0, 0.1) is 6.92 Å². The van der Waals surface area contributed by atoms with Crippen LogP contribution in [0.25, 0.3) is 0 Å². The summed E-state index contributed by atoms with van der Waals surface area (Å²) in [5.41, 5.74) is 2.30. The summed E-state index contributed by atoms with van der Waals surface area (Å²) < 4.78 is 7.19. The van der Waals surface area contributed by atoms with E-state index in [9.17, 15) is 4.79 Å². The number of likely N-dealkylation sites (tertiary alicyclic amines) is 1. The molecule has 4 rings (SSSR count). The normalized spacial score (nSPS) is 16.6. The predicted octanol–water partition coefficient (Wildman–Crippen LogP) is 3.16. The summed E-state index contributed by atoms with van der Waals surface area (Å²) in [6.07, 6.45) is 0.549. The fraction of sp³-hybridized carbons (Fsp3) is 0.318. The summed E-state index contributed by atoms with van der Waals surface area (Å²) >= 11 is 0.